The van der Waals surface area contributed by atoms with Gasteiger partial charge in [-0.15, -0.1) is 0 Å². The van der Waals surface area contributed by atoms with E-state index in [9.17, 15) is 0 Å². The third-order valence-electron chi connectivity index (χ3n) is 1.55. The fourth-order valence-corrected chi connectivity index (χ4v) is 0.987. The molecule has 0 saturated heterocycles. The molecule has 0 aliphatic carbocycles. The molecule has 0 saturated carbocycles. The highest BCUT2D eigenvalue weighted by molar-refractivity contribution is 5.48. The molecule has 0 heterocycles. The lowest BCUT2D eigenvalue weighted by Gasteiger charge is -1.98. The summed E-state index contributed by atoms with van der Waals surface area (Å²) >= 11 is 0. The number of hydrogen-bond acceptors (Lipinski definition) is 2. The van der Waals surface area contributed by atoms with Crippen molar-refractivity contribution in [3.05, 3.63) is 29.3 Å². The lowest BCUT2D eigenvalue weighted by Crippen LogP contribution is -1.89. The van der Waals surface area contributed by atoms with Gasteiger partial charge in [0, 0.05) is 5.69 Å². The van der Waals surface area contributed by atoms with E-state index in [0.29, 0.717) is 11.3 Å². The van der Waals surface area contributed by atoms with Crippen LogP contribution >= 0.6 is 0 Å². The first-order valence-corrected chi connectivity index (χ1v) is 4.55. The average molecular weight is 176 g/mol. The Morgan fingerprint density at radius 2 is 1.92 bits per heavy atom. The minimum absolute atomic E-state index is 0.641. The molecule has 1 rings (SSSR count). The Morgan fingerprint density at radius 3 is 2.38 bits per heavy atom. The van der Waals surface area contributed by atoms with E-state index in [1.165, 1.54) is 0 Å². The first-order chi connectivity index (χ1) is 6.26. The van der Waals surface area contributed by atoms with Crippen LogP contribution in [0.25, 0.3) is 0 Å². The van der Waals surface area contributed by atoms with Crippen molar-refractivity contribution in [3.8, 4) is 6.07 Å². The molecular formula is C11H16N2. The van der Waals surface area contributed by atoms with E-state index in [1.54, 1.807) is 6.07 Å². The molecule has 0 bridgehead atoms. The quantitative estimate of drug-likeness (QED) is 0.669. The van der Waals surface area contributed by atoms with E-state index in [1.807, 2.05) is 32.9 Å². The second-order valence-corrected chi connectivity index (χ2v) is 2.43. The maximum absolute atomic E-state index is 8.58. The maximum Gasteiger partial charge on any atom is 0.0992 e. The molecule has 1 aromatic carbocycles. The molecule has 0 aliphatic heterocycles. The molecule has 13 heavy (non-hydrogen) atoms. The van der Waals surface area contributed by atoms with Crippen LogP contribution < -0.4 is 5.73 Å². The highest BCUT2D eigenvalue weighted by atomic mass is 14.5. The Labute approximate surface area is 80.0 Å². The first-order valence-electron chi connectivity index (χ1n) is 4.55. The summed E-state index contributed by atoms with van der Waals surface area (Å²) in [4.78, 5) is 0. The molecule has 0 unspecified atom stereocenters. The van der Waals surface area contributed by atoms with E-state index in [-0.39, 0.29) is 0 Å². The zero-order valence-electron chi connectivity index (χ0n) is 8.46. The summed E-state index contributed by atoms with van der Waals surface area (Å²) in [6.45, 7) is 6.04. The zero-order valence-corrected chi connectivity index (χ0v) is 8.46. The third kappa shape index (κ3) is 3.62. The van der Waals surface area contributed by atoms with Gasteiger partial charge in [0.05, 0.1) is 11.6 Å². The topological polar surface area (TPSA) is 49.8 Å². The molecule has 0 amide bonds. The molecule has 1 aromatic rings. The minimum Gasteiger partial charge on any atom is -0.399 e. The summed E-state index contributed by atoms with van der Waals surface area (Å²) in [7, 11) is 0. The van der Waals surface area contributed by atoms with Gasteiger partial charge in [-0.25, -0.2) is 0 Å². The Bertz CT molecular complexity index is 297. The van der Waals surface area contributed by atoms with Crippen LogP contribution in [0.15, 0.2) is 18.2 Å². The SMILES string of the molecule is CC.CCc1cc(N)cc(C#N)c1. The molecule has 0 atom stereocenters. The van der Waals surface area contributed by atoms with Crippen LogP contribution in [0.5, 0.6) is 0 Å². The molecule has 2 heteroatoms. The molecule has 0 aromatic heterocycles. The van der Waals surface area contributed by atoms with E-state index >= 15 is 0 Å². The summed E-state index contributed by atoms with van der Waals surface area (Å²) in [6.07, 6.45) is 0.916. The van der Waals surface area contributed by atoms with Crippen molar-refractivity contribution in [2.75, 3.05) is 5.73 Å². The van der Waals surface area contributed by atoms with Crippen LogP contribution in [0.4, 0.5) is 5.69 Å². The number of rotatable bonds is 1. The summed E-state index contributed by atoms with van der Waals surface area (Å²) < 4.78 is 0. The molecule has 70 valence electrons. The van der Waals surface area contributed by atoms with Crippen molar-refractivity contribution >= 4 is 5.69 Å². The number of nitrogen functional groups attached to an aromatic ring is 1. The summed E-state index contributed by atoms with van der Waals surface area (Å²) in [5.74, 6) is 0. The van der Waals surface area contributed by atoms with E-state index in [0.717, 1.165) is 12.0 Å². The number of anilines is 1. The van der Waals surface area contributed by atoms with E-state index < -0.39 is 0 Å². The second-order valence-electron chi connectivity index (χ2n) is 2.43. The number of nitrogens with zero attached hydrogens (tertiary/aromatic N) is 1. The second kappa shape index (κ2) is 6.07. The van der Waals surface area contributed by atoms with Crippen molar-refractivity contribution in [2.45, 2.75) is 27.2 Å². The Hall–Kier alpha value is -1.49. The third-order valence-corrected chi connectivity index (χ3v) is 1.55. The van der Waals surface area contributed by atoms with Gasteiger partial charge >= 0.3 is 0 Å². The molecule has 0 aliphatic rings. The Kier molecular flexibility index (Phi) is 5.38. The van der Waals surface area contributed by atoms with Gasteiger partial charge < -0.3 is 5.73 Å². The molecule has 0 spiro atoms. The van der Waals surface area contributed by atoms with Crippen LogP contribution in [0.3, 0.4) is 0 Å². The fourth-order valence-electron chi connectivity index (χ4n) is 0.987. The molecule has 2 N–H and O–H groups in total. The number of nitriles is 1. The molecule has 2 nitrogen and oxygen atoms in total. The van der Waals surface area contributed by atoms with Gasteiger partial charge in [0.25, 0.3) is 0 Å². The van der Waals surface area contributed by atoms with Crippen LogP contribution in [0.1, 0.15) is 31.9 Å². The molecule has 0 radical (unpaired) electrons. The average Bonchev–Trinajstić information content (AvgIpc) is 2.20. The maximum atomic E-state index is 8.58. The number of benzene rings is 1. The number of nitrogens with two attached hydrogens (primary N) is 1. The lowest BCUT2D eigenvalue weighted by atomic mass is 10.1. The van der Waals surface area contributed by atoms with Crippen LogP contribution in [-0.2, 0) is 6.42 Å². The van der Waals surface area contributed by atoms with Gasteiger partial charge in [-0.3, -0.25) is 0 Å². The largest absolute Gasteiger partial charge is 0.399 e. The van der Waals surface area contributed by atoms with Crippen molar-refractivity contribution in [1.82, 2.24) is 0 Å². The summed E-state index contributed by atoms with van der Waals surface area (Å²) in [5.41, 5.74) is 7.98. The highest BCUT2D eigenvalue weighted by Gasteiger charge is 1.95. The zero-order chi connectivity index (χ0) is 10.3. The predicted molar refractivity (Wildman–Crippen MR) is 56.3 cm³/mol. The van der Waals surface area contributed by atoms with Gasteiger partial charge in [-0.2, -0.15) is 5.26 Å². The van der Waals surface area contributed by atoms with Crippen LogP contribution in [0, 0.1) is 11.3 Å². The standard InChI is InChI=1S/C9H10N2.C2H6/c1-2-7-3-8(6-10)5-9(11)4-7;1-2/h3-5H,2,11H2,1H3;1-2H3. The Balaban J connectivity index is 0.000000671. The highest BCUT2D eigenvalue weighted by Crippen LogP contribution is 2.11. The van der Waals surface area contributed by atoms with Crippen LogP contribution in [-0.4, -0.2) is 0 Å². The number of aryl methyl sites for hydroxylation is 1. The lowest BCUT2D eigenvalue weighted by molar-refractivity contribution is 1.14. The molecular weight excluding hydrogens is 160 g/mol. The molecule has 0 fully saturated rings. The van der Waals surface area contributed by atoms with Gasteiger partial charge in [0.1, 0.15) is 0 Å². The Morgan fingerprint density at radius 1 is 1.31 bits per heavy atom. The van der Waals surface area contributed by atoms with Gasteiger partial charge in [-0.1, -0.05) is 20.8 Å². The van der Waals surface area contributed by atoms with Crippen molar-refractivity contribution in [3.63, 3.8) is 0 Å². The van der Waals surface area contributed by atoms with Crippen LogP contribution in [0.2, 0.25) is 0 Å². The monoisotopic (exact) mass is 176 g/mol. The van der Waals surface area contributed by atoms with Gasteiger partial charge in [0.2, 0.25) is 0 Å². The predicted octanol–water partition coefficient (Wildman–Crippen LogP) is 2.73. The van der Waals surface area contributed by atoms with Gasteiger partial charge in [-0.05, 0) is 30.2 Å². The first kappa shape index (κ1) is 11.5. The summed E-state index contributed by atoms with van der Waals surface area (Å²) in [5, 5.41) is 8.58. The normalized spacial score (nSPS) is 8.15. The van der Waals surface area contributed by atoms with E-state index in [4.69, 9.17) is 11.0 Å². The van der Waals surface area contributed by atoms with E-state index in [2.05, 4.69) is 6.07 Å². The summed E-state index contributed by atoms with van der Waals surface area (Å²) in [6, 6.07) is 7.49. The number of hydrogen-bond donors (Lipinski definition) is 1. The van der Waals surface area contributed by atoms with Gasteiger partial charge in [0.15, 0.2) is 0 Å². The van der Waals surface area contributed by atoms with Crippen molar-refractivity contribution in [2.24, 2.45) is 0 Å². The smallest absolute Gasteiger partial charge is 0.0992 e. The fraction of sp³-hybridized carbons (Fsp3) is 0.364. The van der Waals surface area contributed by atoms with Crippen molar-refractivity contribution < 1.29 is 0 Å². The minimum atomic E-state index is 0.641. The van der Waals surface area contributed by atoms with Crippen molar-refractivity contribution in [1.29, 1.82) is 5.26 Å².